The molecule has 6 heteroatoms. The Hall–Kier alpha value is -1.53. The molecule has 0 spiro atoms. The third kappa shape index (κ3) is 5.25. The van der Waals surface area contributed by atoms with Crippen molar-refractivity contribution in [3.63, 3.8) is 0 Å². The minimum absolute atomic E-state index is 0.0196. The largest absolute Gasteiger partial charge is 0.497 e. The van der Waals surface area contributed by atoms with Crippen LogP contribution in [0, 0.1) is 0 Å². The van der Waals surface area contributed by atoms with Crippen molar-refractivity contribution in [1.29, 1.82) is 0 Å². The molecule has 0 radical (unpaired) electrons. The van der Waals surface area contributed by atoms with Crippen molar-refractivity contribution in [3.8, 4) is 11.5 Å². The predicted molar refractivity (Wildman–Crippen MR) is 94.9 cm³/mol. The van der Waals surface area contributed by atoms with Crippen molar-refractivity contribution in [2.45, 2.75) is 12.2 Å². The van der Waals surface area contributed by atoms with Gasteiger partial charge < -0.3 is 9.47 Å². The quantitative estimate of drug-likeness (QED) is 0.714. The summed E-state index contributed by atoms with van der Waals surface area (Å²) in [6.07, 6.45) is 0.490. The van der Waals surface area contributed by atoms with Crippen LogP contribution in [0.1, 0.15) is 11.1 Å². The summed E-state index contributed by atoms with van der Waals surface area (Å²) in [5, 5.41) is 0. The zero-order valence-corrected chi connectivity index (χ0v) is 15.5. The number of ether oxygens (including phenoxy) is 2. The molecule has 0 saturated heterocycles. The van der Waals surface area contributed by atoms with Crippen LogP contribution < -0.4 is 9.47 Å². The molecule has 2 aromatic rings. The standard InChI is InChI=1S/C17H19BrO4S/c1-21-15-6-3-13(4-7-15)9-10-23(19,20)12-14-5-8-17(22-2)16(18)11-14/h3-8,11H,9-10,12H2,1-2H3. The lowest BCUT2D eigenvalue weighted by Gasteiger charge is -2.08. The highest BCUT2D eigenvalue weighted by Gasteiger charge is 2.13. The summed E-state index contributed by atoms with van der Waals surface area (Å²) in [6.45, 7) is 0. The number of methoxy groups -OCH3 is 2. The van der Waals surface area contributed by atoms with Crippen LogP contribution in [0.4, 0.5) is 0 Å². The Balaban J connectivity index is 1.99. The van der Waals surface area contributed by atoms with Gasteiger partial charge in [0.2, 0.25) is 0 Å². The van der Waals surface area contributed by atoms with Gasteiger partial charge in [0.05, 0.1) is 30.2 Å². The number of rotatable bonds is 7. The fraction of sp³-hybridized carbons (Fsp3) is 0.294. The highest BCUT2D eigenvalue weighted by Crippen LogP contribution is 2.26. The molecule has 4 nitrogen and oxygen atoms in total. The van der Waals surface area contributed by atoms with Crippen molar-refractivity contribution >= 4 is 25.8 Å². The maximum Gasteiger partial charge on any atom is 0.154 e. The molecular weight excluding hydrogens is 380 g/mol. The van der Waals surface area contributed by atoms with E-state index < -0.39 is 9.84 Å². The zero-order valence-electron chi connectivity index (χ0n) is 13.1. The summed E-state index contributed by atoms with van der Waals surface area (Å²) >= 11 is 3.37. The molecule has 0 bridgehead atoms. The highest BCUT2D eigenvalue weighted by molar-refractivity contribution is 9.10. The topological polar surface area (TPSA) is 52.6 Å². The van der Waals surface area contributed by atoms with E-state index in [1.807, 2.05) is 24.3 Å². The maximum atomic E-state index is 12.3. The summed E-state index contributed by atoms with van der Waals surface area (Å²) in [7, 11) is 0.000643. The van der Waals surface area contributed by atoms with Gasteiger partial charge >= 0.3 is 0 Å². The average Bonchev–Trinajstić information content (AvgIpc) is 2.53. The summed E-state index contributed by atoms with van der Waals surface area (Å²) in [4.78, 5) is 0. The first-order valence-electron chi connectivity index (χ1n) is 7.09. The van der Waals surface area contributed by atoms with Crippen molar-refractivity contribution in [3.05, 3.63) is 58.1 Å². The molecule has 124 valence electrons. The van der Waals surface area contributed by atoms with E-state index in [-0.39, 0.29) is 11.5 Å². The predicted octanol–water partition coefficient (Wildman–Crippen LogP) is 3.62. The summed E-state index contributed by atoms with van der Waals surface area (Å²) in [5.74, 6) is 1.58. The normalized spacial score (nSPS) is 11.3. The smallest absolute Gasteiger partial charge is 0.154 e. The van der Waals surface area contributed by atoms with E-state index in [1.165, 1.54) is 0 Å². The molecule has 0 amide bonds. The SMILES string of the molecule is COc1ccc(CCS(=O)(=O)Cc2ccc(OC)c(Br)c2)cc1. The molecule has 0 N–H and O–H groups in total. The van der Waals surface area contributed by atoms with Crippen molar-refractivity contribution < 1.29 is 17.9 Å². The second-order valence-corrected chi connectivity index (χ2v) is 8.20. The minimum Gasteiger partial charge on any atom is -0.497 e. The van der Waals surface area contributed by atoms with Crippen LogP contribution in [-0.4, -0.2) is 28.4 Å². The molecule has 0 aliphatic heterocycles. The van der Waals surface area contributed by atoms with Crippen LogP contribution in [0.2, 0.25) is 0 Å². The maximum absolute atomic E-state index is 12.3. The number of hydrogen-bond donors (Lipinski definition) is 0. The lowest BCUT2D eigenvalue weighted by molar-refractivity contribution is 0.412. The molecule has 0 aromatic heterocycles. The van der Waals surface area contributed by atoms with Gasteiger partial charge in [-0.1, -0.05) is 18.2 Å². The number of benzene rings is 2. The van der Waals surface area contributed by atoms with Crippen LogP contribution in [-0.2, 0) is 22.0 Å². The van der Waals surface area contributed by atoms with Crippen LogP contribution in [0.15, 0.2) is 46.9 Å². The van der Waals surface area contributed by atoms with Crippen LogP contribution in [0.5, 0.6) is 11.5 Å². The second-order valence-electron chi connectivity index (χ2n) is 5.16. The molecular formula is C17H19BrO4S. The van der Waals surface area contributed by atoms with Gasteiger partial charge in [0, 0.05) is 0 Å². The average molecular weight is 399 g/mol. The molecule has 0 saturated carbocycles. The van der Waals surface area contributed by atoms with Gasteiger partial charge in [-0.05, 0) is 57.7 Å². The van der Waals surface area contributed by atoms with Gasteiger partial charge in [0.25, 0.3) is 0 Å². The van der Waals surface area contributed by atoms with E-state index in [9.17, 15) is 8.42 Å². The lowest BCUT2D eigenvalue weighted by atomic mass is 10.2. The third-order valence-corrected chi connectivity index (χ3v) is 5.68. The zero-order chi connectivity index (χ0) is 16.9. The molecule has 0 aliphatic rings. The first-order chi connectivity index (χ1) is 10.9. The van der Waals surface area contributed by atoms with Gasteiger partial charge in [-0.15, -0.1) is 0 Å². The Morgan fingerprint density at radius 2 is 1.61 bits per heavy atom. The van der Waals surface area contributed by atoms with Gasteiger partial charge in [-0.25, -0.2) is 8.42 Å². The van der Waals surface area contributed by atoms with Gasteiger partial charge in [0.15, 0.2) is 9.84 Å². The lowest BCUT2D eigenvalue weighted by Crippen LogP contribution is -2.11. The highest BCUT2D eigenvalue weighted by atomic mass is 79.9. The van der Waals surface area contributed by atoms with Crippen LogP contribution in [0.3, 0.4) is 0 Å². The van der Waals surface area contributed by atoms with E-state index >= 15 is 0 Å². The number of aryl methyl sites for hydroxylation is 1. The van der Waals surface area contributed by atoms with Crippen molar-refractivity contribution in [1.82, 2.24) is 0 Å². The third-order valence-electron chi connectivity index (χ3n) is 3.46. The van der Waals surface area contributed by atoms with E-state index in [0.29, 0.717) is 12.2 Å². The Kier molecular flexibility index (Phi) is 6.07. The van der Waals surface area contributed by atoms with Crippen molar-refractivity contribution in [2.24, 2.45) is 0 Å². The molecule has 0 heterocycles. The Labute approximate surface area is 145 Å². The van der Waals surface area contributed by atoms with Gasteiger partial charge in [-0.3, -0.25) is 0 Å². The van der Waals surface area contributed by atoms with Crippen LogP contribution >= 0.6 is 15.9 Å². The van der Waals surface area contributed by atoms with E-state index in [4.69, 9.17) is 9.47 Å². The minimum atomic E-state index is -3.18. The van der Waals surface area contributed by atoms with Gasteiger partial charge in [0.1, 0.15) is 11.5 Å². The molecule has 2 rings (SSSR count). The van der Waals surface area contributed by atoms with E-state index in [1.54, 1.807) is 32.4 Å². The first-order valence-corrected chi connectivity index (χ1v) is 9.71. The fourth-order valence-corrected chi connectivity index (χ4v) is 4.16. The fourth-order valence-electron chi connectivity index (χ4n) is 2.19. The Morgan fingerprint density at radius 3 is 2.17 bits per heavy atom. The monoisotopic (exact) mass is 398 g/mol. The molecule has 0 atom stereocenters. The summed E-state index contributed by atoms with van der Waals surface area (Å²) < 4.78 is 35.6. The van der Waals surface area contributed by atoms with Crippen molar-refractivity contribution in [2.75, 3.05) is 20.0 Å². The summed E-state index contributed by atoms with van der Waals surface area (Å²) in [6, 6.07) is 12.8. The molecule has 0 unspecified atom stereocenters. The van der Waals surface area contributed by atoms with E-state index in [2.05, 4.69) is 15.9 Å². The van der Waals surface area contributed by atoms with E-state index in [0.717, 1.165) is 21.3 Å². The first kappa shape index (κ1) is 17.8. The molecule has 23 heavy (non-hydrogen) atoms. The van der Waals surface area contributed by atoms with Gasteiger partial charge in [-0.2, -0.15) is 0 Å². The Bertz CT molecular complexity index is 755. The second kappa shape index (κ2) is 7.84. The molecule has 0 fully saturated rings. The number of halogens is 1. The Morgan fingerprint density at radius 1 is 0.957 bits per heavy atom. The molecule has 0 aliphatic carbocycles. The number of hydrogen-bond acceptors (Lipinski definition) is 4. The summed E-state index contributed by atoms with van der Waals surface area (Å²) in [5.41, 5.74) is 1.72. The number of sulfone groups is 1. The van der Waals surface area contributed by atoms with Crippen LogP contribution in [0.25, 0.3) is 0 Å². The molecule has 2 aromatic carbocycles.